The Balaban J connectivity index is 1.26. The van der Waals surface area contributed by atoms with Crippen LogP contribution in [-0.4, -0.2) is 61.8 Å². The van der Waals surface area contributed by atoms with E-state index in [1.165, 1.54) is 0 Å². The van der Waals surface area contributed by atoms with E-state index in [0.717, 1.165) is 40.1 Å². The summed E-state index contributed by atoms with van der Waals surface area (Å²) in [6, 6.07) is 17.1. The highest BCUT2D eigenvalue weighted by molar-refractivity contribution is 9.10. The van der Waals surface area contributed by atoms with Crippen LogP contribution in [0.5, 0.6) is 0 Å². The van der Waals surface area contributed by atoms with E-state index in [0.29, 0.717) is 23.8 Å². The molecule has 0 unspecified atom stereocenters. The molecule has 33 heavy (non-hydrogen) atoms. The molecule has 4 aromatic rings. The largest absolute Gasteiger partial charge is 0.352 e. The van der Waals surface area contributed by atoms with Gasteiger partial charge in [-0.25, -0.2) is 14.6 Å². The summed E-state index contributed by atoms with van der Waals surface area (Å²) in [6.45, 7) is 2.80. The molecule has 1 saturated heterocycles. The summed E-state index contributed by atoms with van der Waals surface area (Å²) in [6.07, 6.45) is 3.39. The van der Waals surface area contributed by atoms with Crippen molar-refractivity contribution in [3.05, 3.63) is 77.2 Å². The van der Waals surface area contributed by atoms with Crippen molar-refractivity contribution in [1.82, 2.24) is 30.0 Å². The summed E-state index contributed by atoms with van der Waals surface area (Å²) in [5.74, 6) is 0.646. The molecule has 10 heteroatoms. The van der Waals surface area contributed by atoms with Gasteiger partial charge in [-0.3, -0.25) is 10.1 Å². The van der Waals surface area contributed by atoms with Crippen molar-refractivity contribution >= 4 is 56.0 Å². The normalized spacial score (nSPS) is 13.8. The highest BCUT2D eigenvalue weighted by Crippen LogP contribution is 2.25. The molecule has 1 amide bonds. The molecule has 0 bridgehead atoms. The molecule has 1 aliphatic rings. The molecule has 3 heterocycles. The molecule has 0 aliphatic carbocycles. The molecule has 8 nitrogen and oxygen atoms in total. The van der Waals surface area contributed by atoms with Crippen LogP contribution in [0.3, 0.4) is 0 Å². The van der Waals surface area contributed by atoms with Crippen molar-refractivity contribution in [3.8, 4) is 5.69 Å². The van der Waals surface area contributed by atoms with Gasteiger partial charge in [0.2, 0.25) is 0 Å². The molecule has 1 aliphatic heterocycles. The Kier molecular flexibility index (Phi) is 6.01. The summed E-state index contributed by atoms with van der Waals surface area (Å²) in [5.41, 5.74) is 2.29. The lowest BCUT2D eigenvalue weighted by Crippen LogP contribution is -2.52. The molecule has 2 aromatic heterocycles. The number of hydrogen-bond acceptors (Lipinski definition) is 6. The number of hydrogen-bond donors (Lipinski definition) is 1. The van der Waals surface area contributed by atoms with E-state index in [1.54, 1.807) is 18.5 Å². The molecule has 0 spiro atoms. The number of piperazine rings is 1. The number of halogens is 1. The third-order valence-corrected chi connectivity index (χ3v) is 6.43. The molecule has 1 fully saturated rings. The zero-order chi connectivity index (χ0) is 22.8. The number of carbonyl (C=O) groups excluding carboxylic acids is 1. The van der Waals surface area contributed by atoms with E-state index in [9.17, 15) is 4.79 Å². The molecule has 0 saturated carbocycles. The lowest BCUT2D eigenvalue weighted by Gasteiger charge is -2.36. The first-order chi connectivity index (χ1) is 16.1. The fourth-order valence-corrected chi connectivity index (χ4v) is 4.35. The van der Waals surface area contributed by atoms with Crippen LogP contribution >= 0.6 is 28.1 Å². The van der Waals surface area contributed by atoms with Gasteiger partial charge >= 0.3 is 0 Å². The summed E-state index contributed by atoms with van der Waals surface area (Å²) in [4.78, 5) is 25.7. The first-order valence-electron chi connectivity index (χ1n) is 10.4. The Morgan fingerprint density at radius 3 is 2.42 bits per heavy atom. The van der Waals surface area contributed by atoms with Crippen molar-refractivity contribution in [2.75, 3.05) is 31.1 Å². The zero-order valence-corrected chi connectivity index (χ0v) is 20.0. The molecule has 0 atom stereocenters. The van der Waals surface area contributed by atoms with Gasteiger partial charge in [0, 0.05) is 36.2 Å². The number of thiocarbonyl (C=S) groups is 1. The van der Waals surface area contributed by atoms with Crippen molar-refractivity contribution in [1.29, 1.82) is 0 Å². The lowest BCUT2D eigenvalue weighted by atomic mass is 10.2. The summed E-state index contributed by atoms with van der Waals surface area (Å²) in [5, 5.41) is 8.71. The van der Waals surface area contributed by atoms with Gasteiger partial charge in [-0.15, -0.1) is 0 Å². The molecule has 0 radical (unpaired) electrons. The second kappa shape index (κ2) is 9.24. The number of para-hydroxylation sites is 1. The number of aromatic nitrogens is 4. The predicted octanol–water partition coefficient (Wildman–Crippen LogP) is 3.41. The number of benzene rings is 2. The van der Waals surface area contributed by atoms with Gasteiger partial charge in [-0.1, -0.05) is 34.1 Å². The van der Waals surface area contributed by atoms with Crippen LogP contribution in [0.2, 0.25) is 0 Å². The minimum Gasteiger partial charge on any atom is -0.352 e. The third-order valence-electron chi connectivity index (χ3n) is 5.54. The second-order valence-corrected chi connectivity index (χ2v) is 8.87. The predicted molar refractivity (Wildman–Crippen MR) is 135 cm³/mol. The smallest absolute Gasteiger partial charge is 0.257 e. The Morgan fingerprint density at radius 2 is 1.70 bits per heavy atom. The first kappa shape index (κ1) is 21.5. The molecule has 166 valence electrons. The highest BCUT2D eigenvalue weighted by atomic mass is 79.9. The van der Waals surface area contributed by atoms with E-state index >= 15 is 0 Å². The van der Waals surface area contributed by atoms with Crippen LogP contribution < -0.4 is 10.2 Å². The summed E-state index contributed by atoms with van der Waals surface area (Å²) < 4.78 is 2.75. The van der Waals surface area contributed by atoms with Crippen LogP contribution in [-0.2, 0) is 0 Å². The average molecular weight is 522 g/mol. The maximum atomic E-state index is 12.5. The van der Waals surface area contributed by atoms with Crippen LogP contribution in [0, 0.1) is 0 Å². The van der Waals surface area contributed by atoms with Gasteiger partial charge < -0.3 is 9.80 Å². The second-order valence-electron chi connectivity index (χ2n) is 7.57. The van der Waals surface area contributed by atoms with Gasteiger partial charge in [-0.05, 0) is 48.6 Å². The number of carbonyl (C=O) groups is 1. The van der Waals surface area contributed by atoms with Gasteiger partial charge in [0.05, 0.1) is 17.3 Å². The van der Waals surface area contributed by atoms with E-state index in [4.69, 9.17) is 12.2 Å². The SMILES string of the molecule is O=C(NC(=S)N1CCN(c2ncnc3c2cnn3-c2ccccc2)CC1)c1ccc(Br)cc1. The zero-order valence-electron chi connectivity index (χ0n) is 17.6. The molecule has 1 N–H and O–H groups in total. The van der Waals surface area contributed by atoms with E-state index in [1.807, 2.05) is 58.2 Å². The summed E-state index contributed by atoms with van der Waals surface area (Å²) in [7, 11) is 0. The van der Waals surface area contributed by atoms with Crippen LogP contribution in [0.15, 0.2) is 71.6 Å². The maximum absolute atomic E-state index is 12.5. The number of nitrogens with one attached hydrogen (secondary N) is 1. The van der Waals surface area contributed by atoms with Crippen molar-refractivity contribution in [3.63, 3.8) is 0 Å². The number of anilines is 1. The maximum Gasteiger partial charge on any atom is 0.257 e. The van der Waals surface area contributed by atoms with Gasteiger partial charge in [0.1, 0.15) is 12.1 Å². The van der Waals surface area contributed by atoms with Gasteiger partial charge in [0.25, 0.3) is 5.91 Å². The fourth-order valence-electron chi connectivity index (χ4n) is 3.81. The monoisotopic (exact) mass is 521 g/mol. The Morgan fingerprint density at radius 1 is 0.970 bits per heavy atom. The fraction of sp³-hybridized carbons (Fsp3) is 0.174. The van der Waals surface area contributed by atoms with Crippen LogP contribution in [0.1, 0.15) is 10.4 Å². The Bertz CT molecular complexity index is 1300. The third kappa shape index (κ3) is 4.44. The molecular weight excluding hydrogens is 502 g/mol. The number of nitrogens with zero attached hydrogens (tertiary/aromatic N) is 6. The van der Waals surface area contributed by atoms with E-state index in [2.05, 4.69) is 41.2 Å². The molecule has 2 aromatic carbocycles. The van der Waals surface area contributed by atoms with Gasteiger partial charge in [-0.2, -0.15) is 5.10 Å². The summed E-state index contributed by atoms with van der Waals surface area (Å²) >= 11 is 8.87. The van der Waals surface area contributed by atoms with E-state index < -0.39 is 0 Å². The topological polar surface area (TPSA) is 79.2 Å². The first-order valence-corrected chi connectivity index (χ1v) is 11.7. The molecule has 5 rings (SSSR count). The van der Waals surface area contributed by atoms with Crippen molar-refractivity contribution in [2.24, 2.45) is 0 Å². The van der Waals surface area contributed by atoms with Crippen molar-refractivity contribution in [2.45, 2.75) is 0 Å². The van der Waals surface area contributed by atoms with Gasteiger partial charge in [0.15, 0.2) is 10.8 Å². The van der Waals surface area contributed by atoms with Crippen molar-refractivity contribution < 1.29 is 4.79 Å². The quantitative estimate of drug-likeness (QED) is 0.413. The van der Waals surface area contributed by atoms with E-state index in [-0.39, 0.29) is 5.91 Å². The average Bonchev–Trinajstić information content (AvgIpc) is 3.29. The number of fused-ring (bicyclic) bond motifs is 1. The van der Waals surface area contributed by atoms with Crippen LogP contribution in [0.25, 0.3) is 16.7 Å². The lowest BCUT2D eigenvalue weighted by molar-refractivity contribution is 0.0973. The minimum absolute atomic E-state index is 0.208. The highest BCUT2D eigenvalue weighted by Gasteiger charge is 2.23. The minimum atomic E-state index is -0.208. The Labute approximate surface area is 204 Å². The Hall–Kier alpha value is -3.37. The number of amides is 1. The number of rotatable bonds is 3. The molecular formula is C23H20BrN7OS. The standard InChI is InChI=1S/C23H20BrN7OS/c24-17-8-6-16(7-9-17)22(32)28-23(33)30-12-10-29(11-13-30)20-19-14-27-31(21(19)26-15-25-20)18-4-2-1-3-5-18/h1-9,14-15H,10-13H2,(H,28,32,33). The van der Waals surface area contributed by atoms with Crippen LogP contribution in [0.4, 0.5) is 5.82 Å².